The van der Waals surface area contributed by atoms with Gasteiger partial charge in [0.1, 0.15) is 0 Å². The highest BCUT2D eigenvalue weighted by Gasteiger charge is 2.20. The van der Waals surface area contributed by atoms with Crippen LogP contribution in [0, 0.1) is 0 Å². The monoisotopic (exact) mass is 218 g/mol. The van der Waals surface area contributed by atoms with Crippen LogP contribution in [0.2, 0.25) is 0 Å². The van der Waals surface area contributed by atoms with Gasteiger partial charge in [-0.05, 0) is 18.6 Å². The molecule has 2 aromatic rings. The van der Waals surface area contributed by atoms with Crippen molar-refractivity contribution in [2.75, 3.05) is 5.75 Å². The van der Waals surface area contributed by atoms with Gasteiger partial charge in [-0.2, -0.15) is 0 Å². The van der Waals surface area contributed by atoms with Crippen LogP contribution in [0.15, 0.2) is 40.0 Å². The molecule has 0 bridgehead atoms. The van der Waals surface area contributed by atoms with E-state index in [1.54, 1.807) is 16.4 Å². The molecule has 0 saturated heterocycles. The van der Waals surface area contributed by atoms with Gasteiger partial charge in [0, 0.05) is 5.75 Å². The average Bonchev–Trinajstić information content (AvgIpc) is 2.83. The Morgan fingerprint density at radius 3 is 2.80 bits per heavy atom. The highest BCUT2D eigenvalue weighted by Crippen LogP contribution is 2.27. The van der Waals surface area contributed by atoms with Gasteiger partial charge in [-0.25, -0.2) is 4.68 Å². The number of benzene rings is 1. The van der Waals surface area contributed by atoms with Gasteiger partial charge in [0.05, 0.1) is 16.3 Å². The average molecular weight is 218 g/mol. The summed E-state index contributed by atoms with van der Waals surface area (Å²) in [4.78, 5) is 12.9. The van der Waals surface area contributed by atoms with Crippen LogP contribution in [0.25, 0.3) is 5.69 Å². The van der Waals surface area contributed by atoms with Gasteiger partial charge in [0.2, 0.25) is 0 Å². The molecule has 1 aromatic carbocycles. The number of hydrogen-bond donors (Lipinski definition) is 1. The number of nitrogens with one attached hydrogen (secondary N) is 1. The molecule has 1 aliphatic heterocycles. The van der Waals surface area contributed by atoms with Crippen LogP contribution in [0.3, 0.4) is 0 Å². The number of aromatic amines is 1. The number of nitrogens with zero attached hydrogens (tertiary/aromatic N) is 1. The number of aromatic nitrogens is 2. The fraction of sp³-hybridized carbons (Fsp3) is 0.182. The lowest BCUT2D eigenvalue weighted by molar-refractivity contribution is 0.820. The smallest absolute Gasteiger partial charge is 0.285 e. The Morgan fingerprint density at radius 2 is 2.07 bits per heavy atom. The van der Waals surface area contributed by atoms with E-state index in [2.05, 4.69) is 5.10 Å². The molecule has 3 rings (SSSR count). The van der Waals surface area contributed by atoms with Crippen molar-refractivity contribution in [3.8, 4) is 5.69 Å². The van der Waals surface area contributed by atoms with Crippen molar-refractivity contribution in [3.05, 3.63) is 46.4 Å². The summed E-state index contributed by atoms with van der Waals surface area (Å²) >= 11 is 1.65. The molecule has 0 amide bonds. The number of para-hydroxylation sites is 1. The number of rotatable bonds is 1. The number of H-pyrrole nitrogens is 1. The van der Waals surface area contributed by atoms with Crippen LogP contribution in [-0.2, 0) is 6.42 Å². The molecular formula is C11H10N2OS. The quantitative estimate of drug-likeness (QED) is 0.792. The second kappa shape index (κ2) is 3.31. The van der Waals surface area contributed by atoms with Crippen molar-refractivity contribution in [1.82, 2.24) is 9.78 Å². The van der Waals surface area contributed by atoms with E-state index in [0.29, 0.717) is 0 Å². The van der Waals surface area contributed by atoms with E-state index in [-0.39, 0.29) is 5.56 Å². The minimum atomic E-state index is 0.0821. The van der Waals surface area contributed by atoms with Crippen LogP contribution in [0.5, 0.6) is 0 Å². The highest BCUT2D eigenvalue weighted by molar-refractivity contribution is 7.99. The molecule has 3 nitrogen and oxygen atoms in total. The molecule has 2 heterocycles. The van der Waals surface area contributed by atoms with Gasteiger partial charge in [-0.1, -0.05) is 18.2 Å². The Balaban J connectivity index is 2.19. The first kappa shape index (κ1) is 8.85. The molecule has 0 unspecified atom stereocenters. The van der Waals surface area contributed by atoms with E-state index in [1.807, 2.05) is 30.3 Å². The van der Waals surface area contributed by atoms with Crippen molar-refractivity contribution in [2.24, 2.45) is 0 Å². The first-order chi connectivity index (χ1) is 7.36. The van der Waals surface area contributed by atoms with Crippen LogP contribution >= 0.6 is 11.8 Å². The lowest BCUT2D eigenvalue weighted by atomic mass is 10.3. The summed E-state index contributed by atoms with van der Waals surface area (Å²) in [6.45, 7) is 0. The molecule has 1 N–H and O–H groups in total. The first-order valence-electron chi connectivity index (χ1n) is 4.88. The number of fused-ring (bicyclic) bond motifs is 1. The fourth-order valence-electron chi connectivity index (χ4n) is 1.80. The molecule has 0 saturated carbocycles. The van der Waals surface area contributed by atoms with Gasteiger partial charge in [-0.15, -0.1) is 11.8 Å². The number of thioether (sulfide) groups is 1. The zero-order valence-electron chi connectivity index (χ0n) is 8.06. The summed E-state index contributed by atoms with van der Waals surface area (Å²) in [5.74, 6) is 1.02. The molecular weight excluding hydrogens is 208 g/mol. The summed E-state index contributed by atoms with van der Waals surface area (Å²) < 4.78 is 1.62. The van der Waals surface area contributed by atoms with Crippen LogP contribution in [-0.4, -0.2) is 15.5 Å². The van der Waals surface area contributed by atoms with Crippen LogP contribution in [0.4, 0.5) is 0 Å². The Labute approximate surface area is 91.1 Å². The Bertz CT molecular complexity index is 541. The predicted octanol–water partition coefficient (Wildman–Crippen LogP) is 1.81. The number of hydrogen-bond acceptors (Lipinski definition) is 2. The van der Waals surface area contributed by atoms with E-state index in [4.69, 9.17) is 0 Å². The standard InChI is InChI=1S/C11H10N2OS/c14-11-10-9(6-7-15-10)12-13(11)8-4-2-1-3-5-8/h1-5,12H,6-7H2. The highest BCUT2D eigenvalue weighted by atomic mass is 32.2. The van der Waals surface area contributed by atoms with Crippen molar-refractivity contribution in [1.29, 1.82) is 0 Å². The summed E-state index contributed by atoms with van der Waals surface area (Å²) in [6.07, 6.45) is 0.967. The predicted molar refractivity (Wildman–Crippen MR) is 60.8 cm³/mol. The maximum Gasteiger partial charge on any atom is 0.285 e. The Hall–Kier alpha value is -1.42. The van der Waals surface area contributed by atoms with Crippen LogP contribution in [0.1, 0.15) is 5.69 Å². The van der Waals surface area contributed by atoms with Gasteiger partial charge >= 0.3 is 0 Å². The maximum absolute atomic E-state index is 12.0. The summed E-state index contributed by atoms with van der Waals surface area (Å²) in [5.41, 5.74) is 2.06. The SMILES string of the molecule is O=c1c2c([nH]n1-c1ccccc1)CCS2. The van der Waals surface area contributed by atoms with E-state index in [0.717, 1.165) is 28.5 Å². The lowest BCUT2D eigenvalue weighted by Crippen LogP contribution is -2.15. The van der Waals surface area contributed by atoms with Gasteiger partial charge < -0.3 is 0 Å². The van der Waals surface area contributed by atoms with E-state index in [9.17, 15) is 4.79 Å². The summed E-state index contributed by atoms with van der Waals surface area (Å²) in [7, 11) is 0. The third kappa shape index (κ3) is 1.33. The van der Waals surface area contributed by atoms with Crippen LogP contribution < -0.4 is 5.56 Å². The molecule has 0 radical (unpaired) electrons. The first-order valence-corrected chi connectivity index (χ1v) is 5.87. The van der Waals surface area contributed by atoms with E-state index in [1.165, 1.54) is 0 Å². The number of aryl methyl sites for hydroxylation is 1. The zero-order valence-corrected chi connectivity index (χ0v) is 8.88. The fourth-order valence-corrected chi connectivity index (χ4v) is 2.85. The summed E-state index contributed by atoms with van der Waals surface area (Å²) in [6, 6.07) is 9.66. The minimum absolute atomic E-state index is 0.0821. The lowest BCUT2D eigenvalue weighted by Gasteiger charge is -2.00. The normalized spacial score (nSPS) is 14.1. The second-order valence-electron chi connectivity index (χ2n) is 3.49. The van der Waals surface area contributed by atoms with Crippen molar-refractivity contribution in [2.45, 2.75) is 11.3 Å². The molecule has 1 aromatic heterocycles. The topological polar surface area (TPSA) is 37.8 Å². The van der Waals surface area contributed by atoms with Crippen molar-refractivity contribution >= 4 is 11.8 Å². The molecule has 15 heavy (non-hydrogen) atoms. The molecule has 0 atom stereocenters. The maximum atomic E-state index is 12.0. The zero-order chi connectivity index (χ0) is 10.3. The second-order valence-corrected chi connectivity index (χ2v) is 4.60. The Morgan fingerprint density at radius 1 is 1.27 bits per heavy atom. The molecule has 0 fully saturated rings. The Kier molecular flexibility index (Phi) is 1.95. The van der Waals surface area contributed by atoms with Crippen molar-refractivity contribution in [3.63, 3.8) is 0 Å². The molecule has 4 heteroatoms. The minimum Gasteiger partial charge on any atom is -0.294 e. The third-order valence-corrected chi connectivity index (χ3v) is 3.65. The largest absolute Gasteiger partial charge is 0.294 e. The molecule has 1 aliphatic rings. The molecule has 0 spiro atoms. The molecule has 0 aliphatic carbocycles. The molecule has 76 valence electrons. The van der Waals surface area contributed by atoms with Gasteiger partial charge in [0.25, 0.3) is 5.56 Å². The van der Waals surface area contributed by atoms with Crippen molar-refractivity contribution < 1.29 is 0 Å². The van der Waals surface area contributed by atoms with Gasteiger partial charge in [-0.3, -0.25) is 9.89 Å². The van der Waals surface area contributed by atoms with Gasteiger partial charge in [0.15, 0.2) is 0 Å². The van der Waals surface area contributed by atoms with E-state index >= 15 is 0 Å². The van der Waals surface area contributed by atoms with E-state index < -0.39 is 0 Å². The third-order valence-electron chi connectivity index (χ3n) is 2.53. The summed E-state index contributed by atoms with van der Waals surface area (Å²) in [5, 5.41) is 3.16.